The van der Waals surface area contributed by atoms with E-state index in [9.17, 15) is 0 Å². The summed E-state index contributed by atoms with van der Waals surface area (Å²) in [6, 6.07) is 7.23. The van der Waals surface area contributed by atoms with Crippen LogP contribution in [0.1, 0.15) is 20.8 Å². The second-order valence-electron chi connectivity index (χ2n) is 3.72. The lowest BCUT2D eigenvalue weighted by Gasteiger charge is -2.24. The maximum atomic E-state index is 9.00. The van der Waals surface area contributed by atoms with Crippen LogP contribution < -0.4 is 16.9 Å². The summed E-state index contributed by atoms with van der Waals surface area (Å²) in [5.41, 5.74) is 8.50. The SMILES string of the molecule is CC[Si](CC)(CC)c1ccco1.NC(N)=O. The van der Waals surface area contributed by atoms with E-state index in [1.165, 1.54) is 23.5 Å². The lowest BCUT2D eigenvalue weighted by molar-refractivity contribution is 0.256. The molecule has 4 N–H and O–H groups in total. The molecule has 0 fully saturated rings. The van der Waals surface area contributed by atoms with Crippen molar-refractivity contribution in [1.29, 1.82) is 0 Å². The number of primary amides is 2. The molecule has 5 heteroatoms. The first-order valence-electron chi connectivity index (χ1n) is 5.61. The van der Waals surface area contributed by atoms with Gasteiger partial charge in [-0.25, -0.2) is 4.79 Å². The van der Waals surface area contributed by atoms with Gasteiger partial charge in [0.15, 0.2) is 0 Å². The van der Waals surface area contributed by atoms with Crippen molar-refractivity contribution in [3.05, 3.63) is 18.4 Å². The second kappa shape index (κ2) is 7.11. The predicted molar refractivity (Wildman–Crippen MR) is 69.3 cm³/mol. The zero-order valence-corrected chi connectivity index (χ0v) is 11.3. The molecular weight excluding hydrogens is 220 g/mol. The van der Waals surface area contributed by atoms with Crippen molar-refractivity contribution < 1.29 is 9.21 Å². The Bertz CT molecular complexity index is 283. The van der Waals surface area contributed by atoms with Crippen molar-refractivity contribution in [1.82, 2.24) is 0 Å². The zero-order valence-electron chi connectivity index (χ0n) is 10.3. The second-order valence-corrected chi connectivity index (χ2v) is 8.90. The molecule has 0 saturated carbocycles. The Labute approximate surface area is 98.0 Å². The topological polar surface area (TPSA) is 82.2 Å². The van der Waals surface area contributed by atoms with Crippen molar-refractivity contribution in [2.75, 3.05) is 0 Å². The van der Waals surface area contributed by atoms with E-state index < -0.39 is 14.1 Å². The normalized spacial score (nSPS) is 10.4. The standard InChI is InChI=1S/C10H18OSi.CH4N2O/c1-4-12(5-2,6-3)10-8-7-9-11-10;2-1(3)4/h7-9H,4-6H2,1-3H3;(H4,2,3,4). The molecule has 0 aliphatic carbocycles. The Hall–Kier alpha value is -1.23. The highest BCUT2D eigenvalue weighted by molar-refractivity contribution is 6.90. The van der Waals surface area contributed by atoms with Gasteiger partial charge in [0.2, 0.25) is 0 Å². The Kier molecular flexibility index (Phi) is 6.56. The minimum Gasteiger partial charge on any atom is -0.474 e. The van der Waals surface area contributed by atoms with E-state index in [4.69, 9.17) is 9.21 Å². The maximum Gasteiger partial charge on any atom is 0.309 e. The molecule has 2 amide bonds. The average molecular weight is 242 g/mol. The Morgan fingerprint density at radius 2 is 1.69 bits per heavy atom. The van der Waals surface area contributed by atoms with E-state index in [-0.39, 0.29) is 0 Å². The molecule has 1 heterocycles. The van der Waals surface area contributed by atoms with Crippen molar-refractivity contribution >= 4 is 19.5 Å². The monoisotopic (exact) mass is 242 g/mol. The number of carbonyl (C=O) groups excluding carboxylic acids is 1. The first kappa shape index (κ1) is 14.8. The number of urea groups is 1. The molecule has 16 heavy (non-hydrogen) atoms. The summed E-state index contributed by atoms with van der Waals surface area (Å²) in [5.74, 6) is 0. The van der Waals surface area contributed by atoms with Gasteiger partial charge in [0.1, 0.15) is 8.07 Å². The van der Waals surface area contributed by atoms with E-state index in [0.29, 0.717) is 0 Å². The number of rotatable bonds is 4. The molecule has 92 valence electrons. The molecule has 0 radical (unpaired) electrons. The molecule has 1 rings (SSSR count). The molecule has 0 spiro atoms. The van der Waals surface area contributed by atoms with Crippen molar-refractivity contribution in [2.45, 2.75) is 38.9 Å². The van der Waals surface area contributed by atoms with Gasteiger partial charge >= 0.3 is 6.03 Å². The first-order chi connectivity index (χ1) is 7.52. The molecule has 0 aromatic carbocycles. The Balaban J connectivity index is 0.000000487. The quantitative estimate of drug-likeness (QED) is 0.792. The van der Waals surface area contributed by atoms with Crippen LogP contribution in [0.4, 0.5) is 4.79 Å². The largest absolute Gasteiger partial charge is 0.474 e. The highest BCUT2D eigenvalue weighted by Crippen LogP contribution is 2.19. The summed E-state index contributed by atoms with van der Waals surface area (Å²) < 4.78 is 5.53. The number of hydrogen-bond donors (Lipinski definition) is 2. The molecule has 0 aliphatic heterocycles. The van der Waals surface area contributed by atoms with Gasteiger partial charge in [-0.15, -0.1) is 0 Å². The van der Waals surface area contributed by atoms with E-state index in [1.807, 2.05) is 6.07 Å². The van der Waals surface area contributed by atoms with Crippen LogP contribution in [0.15, 0.2) is 22.8 Å². The summed E-state index contributed by atoms with van der Waals surface area (Å²) in [6.07, 6.45) is 1.80. The van der Waals surface area contributed by atoms with Crippen LogP contribution in [0.5, 0.6) is 0 Å². The van der Waals surface area contributed by atoms with Crippen LogP contribution in [0.3, 0.4) is 0 Å². The first-order valence-corrected chi connectivity index (χ1v) is 8.23. The third-order valence-corrected chi connectivity index (χ3v) is 8.46. The summed E-state index contributed by atoms with van der Waals surface area (Å²) >= 11 is 0. The molecule has 0 atom stereocenters. The van der Waals surface area contributed by atoms with Gasteiger partial charge in [0.05, 0.1) is 11.6 Å². The molecule has 1 aromatic rings. The molecule has 0 saturated heterocycles. The number of hydrogen-bond acceptors (Lipinski definition) is 2. The average Bonchev–Trinajstić information content (AvgIpc) is 2.74. The van der Waals surface area contributed by atoms with E-state index in [2.05, 4.69) is 38.3 Å². The predicted octanol–water partition coefficient (Wildman–Crippen LogP) is 2.02. The van der Waals surface area contributed by atoms with Crippen LogP contribution in [-0.2, 0) is 0 Å². The zero-order chi connectivity index (χ0) is 12.6. The van der Waals surface area contributed by atoms with Gasteiger partial charge in [-0.2, -0.15) is 0 Å². The molecule has 0 aliphatic rings. The fourth-order valence-electron chi connectivity index (χ4n) is 1.85. The number of amides is 2. The minimum atomic E-state index is -1.21. The molecule has 4 nitrogen and oxygen atoms in total. The summed E-state index contributed by atoms with van der Waals surface area (Å²) in [7, 11) is -1.21. The highest BCUT2D eigenvalue weighted by atomic mass is 28.3. The van der Waals surface area contributed by atoms with Gasteiger partial charge in [0.25, 0.3) is 0 Å². The van der Waals surface area contributed by atoms with Crippen LogP contribution >= 0.6 is 0 Å². The van der Waals surface area contributed by atoms with Gasteiger partial charge in [-0.1, -0.05) is 38.9 Å². The van der Waals surface area contributed by atoms with Crippen LogP contribution in [0, 0.1) is 0 Å². The van der Waals surface area contributed by atoms with E-state index in [1.54, 1.807) is 6.26 Å². The van der Waals surface area contributed by atoms with Gasteiger partial charge in [0, 0.05) is 0 Å². The van der Waals surface area contributed by atoms with Crippen LogP contribution in [0.2, 0.25) is 18.1 Å². The fourth-order valence-corrected chi connectivity index (χ4v) is 5.17. The minimum absolute atomic E-state index is 0.833. The number of furan rings is 1. The smallest absolute Gasteiger partial charge is 0.309 e. The van der Waals surface area contributed by atoms with Gasteiger partial charge in [-0.05, 0) is 12.1 Å². The van der Waals surface area contributed by atoms with Gasteiger partial charge < -0.3 is 15.9 Å². The van der Waals surface area contributed by atoms with E-state index in [0.717, 1.165) is 0 Å². The third kappa shape index (κ3) is 4.10. The van der Waals surface area contributed by atoms with Crippen LogP contribution in [-0.4, -0.2) is 14.1 Å². The highest BCUT2D eigenvalue weighted by Gasteiger charge is 2.31. The Morgan fingerprint density at radius 3 is 1.94 bits per heavy atom. The molecule has 0 bridgehead atoms. The summed E-state index contributed by atoms with van der Waals surface area (Å²) in [4.78, 5) is 9.00. The fraction of sp³-hybridized carbons (Fsp3) is 0.545. The lowest BCUT2D eigenvalue weighted by atomic mass is 10.7. The molecule has 0 unspecified atom stereocenters. The van der Waals surface area contributed by atoms with Crippen molar-refractivity contribution in [3.8, 4) is 0 Å². The lowest BCUT2D eigenvalue weighted by Crippen LogP contribution is -2.44. The van der Waals surface area contributed by atoms with Gasteiger partial charge in [-0.3, -0.25) is 0 Å². The molecule has 1 aromatic heterocycles. The van der Waals surface area contributed by atoms with Crippen molar-refractivity contribution in [3.63, 3.8) is 0 Å². The Morgan fingerprint density at radius 1 is 1.25 bits per heavy atom. The number of nitrogens with two attached hydrogens (primary N) is 2. The van der Waals surface area contributed by atoms with Crippen molar-refractivity contribution in [2.24, 2.45) is 11.5 Å². The summed E-state index contributed by atoms with van der Waals surface area (Å²) in [5, 5.41) is 1.29. The summed E-state index contributed by atoms with van der Waals surface area (Å²) in [6.45, 7) is 6.88. The third-order valence-electron chi connectivity index (χ3n) is 3.07. The van der Waals surface area contributed by atoms with E-state index >= 15 is 0 Å². The van der Waals surface area contributed by atoms with Crippen LogP contribution in [0.25, 0.3) is 0 Å². The maximum absolute atomic E-state index is 9.00. The molecular formula is C11H22N2O2Si. The number of carbonyl (C=O) groups is 1.